The highest BCUT2D eigenvalue weighted by Gasteiger charge is 2.03. The first-order valence-corrected chi connectivity index (χ1v) is 5.66. The standard InChI is InChI=1S/C14H11NS/c1-15-13-9-5-4-7-11(13)10-6-2-3-8-12(10)14(15)16/h2-9H,1H3. The molecule has 0 spiro atoms. The quantitative estimate of drug-likeness (QED) is 0.412. The van der Waals surface area contributed by atoms with Gasteiger partial charge >= 0.3 is 0 Å². The summed E-state index contributed by atoms with van der Waals surface area (Å²) in [5.41, 5.74) is 1.19. The molecular formula is C14H11NS. The van der Waals surface area contributed by atoms with E-state index in [1.54, 1.807) is 0 Å². The molecule has 0 N–H and O–H groups in total. The second-order valence-electron chi connectivity index (χ2n) is 3.93. The lowest BCUT2D eigenvalue weighted by atomic mass is 10.1. The third-order valence-electron chi connectivity index (χ3n) is 3.02. The maximum Gasteiger partial charge on any atom is 0.114 e. The van der Waals surface area contributed by atoms with Crippen molar-refractivity contribution in [2.24, 2.45) is 7.05 Å². The summed E-state index contributed by atoms with van der Waals surface area (Å²) in [7, 11) is 2.02. The smallest absolute Gasteiger partial charge is 0.114 e. The molecule has 0 bridgehead atoms. The summed E-state index contributed by atoms with van der Waals surface area (Å²) < 4.78 is 2.97. The molecule has 0 atom stereocenters. The first-order valence-electron chi connectivity index (χ1n) is 5.25. The zero-order valence-corrected chi connectivity index (χ0v) is 9.79. The van der Waals surface area contributed by atoms with Crippen LogP contribution in [0.15, 0.2) is 48.5 Å². The number of hydrogen-bond donors (Lipinski definition) is 0. The molecule has 1 heterocycles. The van der Waals surface area contributed by atoms with Crippen molar-refractivity contribution in [2.45, 2.75) is 0 Å². The summed E-state index contributed by atoms with van der Waals surface area (Å²) >= 11 is 5.49. The van der Waals surface area contributed by atoms with Crippen LogP contribution in [-0.2, 0) is 7.05 Å². The number of benzene rings is 2. The molecule has 0 amide bonds. The topological polar surface area (TPSA) is 4.93 Å². The van der Waals surface area contributed by atoms with E-state index in [2.05, 4.69) is 41.0 Å². The lowest BCUT2D eigenvalue weighted by molar-refractivity contribution is 0.946. The highest BCUT2D eigenvalue weighted by atomic mass is 32.1. The van der Waals surface area contributed by atoms with Crippen LogP contribution in [-0.4, -0.2) is 4.57 Å². The monoisotopic (exact) mass is 225 g/mol. The molecule has 2 heteroatoms. The van der Waals surface area contributed by atoms with Crippen LogP contribution in [0, 0.1) is 4.64 Å². The molecule has 3 rings (SSSR count). The molecule has 0 saturated heterocycles. The predicted molar refractivity (Wildman–Crippen MR) is 71.3 cm³/mol. The van der Waals surface area contributed by atoms with Crippen LogP contribution in [0.4, 0.5) is 0 Å². The number of pyridine rings is 1. The predicted octanol–water partition coefficient (Wildman–Crippen LogP) is 4.06. The molecule has 0 aliphatic rings. The van der Waals surface area contributed by atoms with E-state index >= 15 is 0 Å². The van der Waals surface area contributed by atoms with E-state index in [1.807, 2.05) is 19.2 Å². The van der Waals surface area contributed by atoms with Crippen molar-refractivity contribution >= 4 is 33.9 Å². The first kappa shape index (κ1) is 9.55. The lowest BCUT2D eigenvalue weighted by Gasteiger charge is -2.09. The molecule has 1 aromatic heterocycles. The van der Waals surface area contributed by atoms with Gasteiger partial charge in [0.25, 0.3) is 0 Å². The molecule has 0 saturated carbocycles. The van der Waals surface area contributed by atoms with E-state index in [0.717, 1.165) is 10.0 Å². The summed E-state index contributed by atoms with van der Waals surface area (Å²) in [5, 5.41) is 3.65. The van der Waals surface area contributed by atoms with Crippen LogP contribution in [0.2, 0.25) is 0 Å². The summed E-state index contributed by atoms with van der Waals surface area (Å²) in [6, 6.07) is 16.7. The van der Waals surface area contributed by atoms with Crippen LogP contribution < -0.4 is 0 Å². The lowest BCUT2D eigenvalue weighted by Crippen LogP contribution is -1.95. The molecule has 0 radical (unpaired) electrons. The Hall–Kier alpha value is -1.67. The second kappa shape index (κ2) is 3.42. The Morgan fingerprint density at radius 3 is 2.12 bits per heavy atom. The number of aromatic nitrogens is 1. The molecule has 0 aliphatic heterocycles. The van der Waals surface area contributed by atoms with Crippen molar-refractivity contribution in [3.63, 3.8) is 0 Å². The van der Waals surface area contributed by atoms with Crippen LogP contribution in [0.5, 0.6) is 0 Å². The SMILES string of the molecule is Cn1c(=S)c2ccccc2c2ccccc21. The van der Waals surface area contributed by atoms with Crippen LogP contribution in [0.3, 0.4) is 0 Å². The zero-order chi connectivity index (χ0) is 11.1. The van der Waals surface area contributed by atoms with Gasteiger partial charge in [0, 0.05) is 23.3 Å². The number of rotatable bonds is 0. The Bertz CT molecular complexity index is 740. The van der Waals surface area contributed by atoms with Crippen molar-refractivity contribution in [3.8, 4) is 0 Å². The Labute approximate surface area is 98.9 Å². The summed E-state index contributed by atoms with van der Waals surface area (Å²) in [4.78, 5) is 0. The molecule has 16 heavy (non-hydrogen) atoms. The van der Waals surface area contributed by atoms with E-state index < -0.39 is 0 Å². The number of para-hydroxylation sites is 1. The van der Waals surface area contributed by atoms with Crippen molar-refractivity contribution in [2.75, 3.05) is 0 Å². The van der Waals surface area contributed by atoms with Crippen molar-refractivity contribution in [1.82, 2.24) is 4.57 Å². The number of aryl methyl sites for hydroxylation is 1. The Kier molecular flexibility index (Phi) is 2.04. The highest BCUT2D eigenvalue weighted by Crippen LogP contribution is 2.25. The van der Waals surface area contributed by atoms with Gasteiger partial charge in [-0.2, -0.15) is 0 Å². The number of hydrogen-bond acceptors (Lipinski definition) is 1. The largest absolute Gasteiger partial charge is 0.335 e. The maximum absolute atomic E-state index is 5.49. The van der Waals surface area contributed by atoms with Crippen molar-refractivity contribution in [1.29, 1.82) is 0 Å². The number of fused-ring (bicyclic) bond motifs is 3. The van der Waals surface area contributed by atoms with Gasteiger partial charge in [0.05, 0.1) is 0 Å². The Balaban J connectivity index is 2.74. The minimum absolute atomic E-state index is 0.898. The van der Waals surface area contributed by atoms with E-state index in [0.29, 0.717) is 0 Å². The van der Waals surface area contributed by atoms with Gasteiger partial charge in [-0.05, 0) is 11.5 Å². The highest BCUT2D eigenvalue weighted by molar-refractivity contribution is 7.71. The fourth-order valence-corrected chi connectivity index (χ4v) is 2.46. The van der Waals surface area contributed by atoms with E-state index in [4.69, 9.17) is 12.2 Å². The van der Waals surface area contributed by atoms with E-state index in [-0.39, 0.29) is 0 Å². The summed E-state index contributed by atoms with van der Waals surface area (Å²) in [6.45, 7) is 0. The molecule has 0 unspecified atom stereocenters. The average molecular weight is 225 g/mol. The average Bonchev–Trinajstić information content (AvgIpc) is 2.36. The first-order chi connectivity index (χ1) is 7.79. The molecule has 2 aromatic carbocycles. The molecule has 78 valence electrons. The van der Waals surface area contributed by atoms with Crippen LogP contribution in [0.25, 0.3) is 21.7 Å². The summed E-state index contributed by atoms with van der Waals surface area (Å²) in [5.74, 6) is 0. The van der Waals surface area contributed by atoms with Gasteiger partial charge in [-0.3, -0.25) is 0 Å². The van der Waals surface area contributed by atoms with E-state index in [9.17, 15) is 0 Å². The fraction of sp³-hybridized carbons (Fsp3) is 0.0714. The number of nitrogens with zero attached hydrogens (tertiary/aromatic N) is 1. The van der Waals surface area contributed by atoms with E-state index in [1.165, 1.54) is 16.3 Å². The molecule has 3 aromatic rings. The van der Waals surface area contributed by atoms with Gasteiger partial charge in [0.1, 0.15) is 4.64 Å². The maximum atomic E-state index is 5.49. The van der Waals surface area contributed by atoms with Gasteiger partial charge in [0.15, 0.2) is 0 Å². The van der Waals surface area contributed by atoms with Crippen LogP contribution in [0.1, 0.15) is 0 Å². The van der Waals surface area contributed by atoms with Crippen LogP contribution >= 0.6 is 12.2 Å². The summed E-state index contributed by atoms with van der Waals surface area (Å²) in [6.07, 6.45) is 0. The molecule has 0 aliphatic carbocycles. The second-order valence-corrected chi connectivity index (χ2v) is 4.31. The zero-order valence-electron chi connectivity index (χ0n) is 8.97. The van der Waals surface area contributed by atoms with Gasteiger partial charge in [-0.15, -0.1) is 0 Å². The Morgan fingerprint density at radius 2 is 1.38 bits per heavy atom. The van der Waals surface area contributed by atoms with Gasteiger partial charge in [0.2, 0.25) is 0 Å². The fourth-order valence-electron chi connectivity index (χ4n) is 2.19. The van der Waals surface area contributed by atoms with Crippen molar-refractivity contribution in [3.05, 3.63) is 53.2 Å². The molecule has 1 nitrogen and oxygen atoms in total. The molecule has 0 fully saturated rings. The molecular weight excluding hydrogens is 214 g/mol. The normalized spacial score (nSPS) is 11.1. The van der Waals surface area contributed by atoms with Crippen molar-refractivity contribution < 1.29 is 0 Å². The van der Waals surface area contributed by atoms with Gasteiger partial charge in [-0.25, -0.2) is 0 Å². The Morgan fingerprint density at radius 1 is 0.812 bits per heavy atom. The van der Waals surface area contributed by atoms with Gasteiger partial charge < -0.3 is 4.57 Å². The third kappa shape index (κ3) is 1.20. The van der Waals surface area contributed by atoms with Gasteiger partial charge in [-0.1, -0.05) is 54.7 Å². The third-order valence-corrected chi connectivity index (χ3v) is 3.51. The minimum atomic E-state index is 0.898. The minimum Gasteiger partial charge on any atom is -0.335 e.